The summed E-state index contributed by atoms with van der Waals surface area (Å²) in [5.74, 6) is -4.84. The number of benzene rings is 2. The Hall–Kier alpha value is -4.74. The van der Waals surface area contributed by atoms with E-state index in [2.05, 4.69) is 0 Å². The number of hydrogen-bond donors (Lipinski definition) is 4. The Bertz CT molecular complexity index is 1320. The number of nitrogens with one attached hydrogen (secondary N) is 1. The molecule has 164 valence electrons. The molecule has 12 heteroatoms. The second-order valence-electron chi connectivity index (χ2n) is 6.46. The quantitative estimate of drug-likeness (QED) is 0.314. The Kier molecular flexibility index (Phi) is 5.87. The molecule has 3 rings (SSSR count). The molecule has 0 aliphatic rings. The van der Waals surface area contributed by atoms with Gasteiger partial charge in [0, 0.05) is 23.3 Å². The van der Waals surface area contributed by atoms with E-state index in [1.807, 2.05) is 4.98 Å². The van der Waals surface area contributed by atoms with Gasteiger partial charge in [0.15, 0.2) is 0 Å². The van der Waals surface area contributed by atoms with Crippen molar-refractivity contribution >= 4 is 23.4 Å². The number of ether oxygens (including phenoxy) is 1. The number of anilines is 1. The standard InChI is InChI=1S/C20H14FN3O8/c21-10-3-1-2-9(6-10)8-32-13-5-4-11(24(30)31)7-12(13)14-15(19(26)27)17(22)23-18(25)16(14)20(28)29/h1-7H,8H2,(H,26,27)(H,28,29)(H3,22,23,25). The molecule has 0 amide bonds. The van der Waals surface area contributed by atoms with Crippen molar-refractivity contribution in [3.05, 3.63) is 85.4 Å². The van der Waals surface area contributed by atoms with E-state index in [1.54, 1.807) is 0 Å². The smallest absolute Gasteiger partial charge is 0.342 e. The van der Waals surface area contributed by atoms with Crippen LogP contribution in [-0.4, -0.2) is 32.1 Å². The summed E-state index contributed by atoms with van der Waals surface area (Å²) in [5, 5.41) is 30.4. The predicted molar refractivity (Wildman–Crippen MR) is 108 cm³/mol. The topological polar surface area (TPSA) is 186 Å². The first-order valence-corrected chi connectivity index (χ1v) is 8.78. The number of nitro benzene ring substituents is 1. The summed E-state index contributed by atoms with van der Waals surface area (Å²) in [6, 6.07) is 8.36. The van der Waals surface area contributed by atoms with E-state index in [0.29, 0.717) is 5.56 Å². The van der Waals surface area contributed by atoms with E-state index >= 15 is 0 Å². The molecular formula is C20H14FN3O8. The first-order chi connectivity index (χ1) is 15.1. The fourth-order valence-electron chi connectivity index (χ4n) is 3.06. The number of hydrogen-bond acceptors (Lipinski definition) is 7. The molecule has 0 atom stereocenters. The number of nitro groups is 1. The van der Waals surface area contributed by atoms with Gasteiger partial charge in [0.25, 0.3) is 11.2 Å². The summed E-state index contributed by atoms with van der Waals surface area (Å²) >= 11 is 0. The lowest BCUT2D eigenvalue weighted by molar-refractivity contribution is -0.384. The van der Waals surface area contributed by atoms with Crippen LogP contribution in [0.15, 0.2) is 47.3 Å². The third-order valence-corrected chi connectivity index (χ3v) is 4.40. The van der Waals surface area contributed by atoms with Crippen LogP contribution in [0.2, 0.25) is 0 Å². The van der Waals surface area contributed by atoms with Crippen molar-refractivity contribution in [1.29, 1.82) is 0 Å². The van der Waals surface area contributed by atoms with Crippen molar-refractivity contribution in [2.45, 2.75) is 6.61 Å². The number of rotatable bonds is 7. The monoisotopic (exact) mass is 443 g/mol. The minimum Gasteiger partial charge on any atom is -0.488 e. The van der Waals surface area contributed by atoms with Gasteiger partial charge >= 0.3 is 11.9 Å². The Morgan fingerprint density at radius 3 is 2.41 bits per heavy atom. The van der Waals surface area contributed by atoms with Gasteiger partial charge in [0.1, 0.15) is 35.1 Å². The molecule has 0 spiro atoms. The summed E-state index contributed by atoms with van der Waals surface area (Å²) < 4.78 is 19.0. The SMILES string of the molecule is Nc1[nH]c(=O)c(C(=O)O)c(-c2cc([N+](=O)[O-])ccc2OCc2cccc(F)c2)c1C(=O)O. The summed E-state index contributed by atoms with van der Waals surface area (Å²) in [6.07, 6.45) is 0. The van der Waals surface area contributed by atoms with Crippen LogP contribution in [0.3, 0.4) is 0 Å². The Labute approximate surface area is 177 Å². The molecule has 0 aliphatic carbocycles. The average molecular weight is 443 g/mol. The number of pyridine rings is 1. The van der Waals surface area contributed by atoms with Gasteiger partial charge in [-0.1, -0.05) is 12.1 Å². The lowest BCUT2D eigenvalue weighted by Gasteiger charge is -2.16. The molecule has 1 aromatic heterocycles. The molecule has 0 radical (unpaired) electrons. The molecule has 3 aromatic rings. The van der Waals surface area contributed by atoms with Gasteiger partial charge in [-0.15, -0.1) is 0 Å². The molecule has 0 saturated heterocycles. The highest BCUT2D eigenvalue weighted by Crippen LogP contribution is 2.38. The van der Waals surface area contributed by atoms with Crippen molar-refractivity contribution in [2.75, 3.05) is 5.73 Å². The fourth-order valence-corrected chi connectivity index (χ4v) is 3.06. The summed E-state index contributed by atoms with van der Waals surface area (Å²) in [7, 11) is 0. The van der Waals surface area contributed by atoms with Crippen molar-refractivity contribution < 1.29 is 33.9 Å². The number of carbonyl (C=O) groups is 2. The minimum absolute atomic E-state index is 0.185. The lowest BCUT2D eigenvalue weighted by atomic mass is 9.94. The molecule has 0 fully saturated rings. The number of aromatic nitrogens is 1. The molecule has 0 bridgehead atoms. The van der Waals surface area contributed by atoms with Gasteiger partial charge < -0.3 is 25.7 Å². The second-order valence-corrected chi connectivity index (χ2v) is 6.46. The van der Waals surface area contributed by atoms with E-state index in [9.17, 15) is 39.1 Å². The van der Waals surface area contributed by atoms with Crippen LogP contribution in [-0.2, 0) is 6.61 Å². The van der Waals surface area contributed by atoms with E-state index in [1.165, 1.54) is 24.3 Å². The number of aromatic carboxylic acids is 2. The number of carboxylic acid groups (broad SMARTS) is 2. The number of halogens is 1. The van der Waals surface area contributed by atoms with Crippen LogP contribution in [0.25, 0.3) is 11.1 Å². The number of carboxylic acids is 2. The van der Waals surface area contributed by atoms with E-state index in [4.69, 9.17) is 10.5 Å². The van der Waals surface area contributed by atoms with E-state index in [-0.39, 0.29) is 17.9 Å². The number of nitrogens with zero attached hydrogens (tertiary/aromatic N) is 1. The highest BCUT2D eigenvalue weighted by Gasteiger charge is 2.29. The van der Waals surface area contributed by atoms with Crippen LogP contribution in [0.5, 0.6) is 5.75 Å². The van der Waals surface area contributed by atoms with Gasteiger partial charge in [-0.2, -0.15) is 0 Å². The summed E-state index contributed by atoms with van der Waals surface area (Å²) in [5.41, 5.74) is 1.46. The normalized spacial score (nSPS) is 10.5. The number of nitrogens with two attached hydrogens (primary N) is 1. The number of nitrogen functional groups attached to an aromatic ring is 1. The van der Waals surface area contributed by atoms with Gasteiger partial charge in [0.2, 0.25) is 0 Å². The van der Waals surface area contributed by atoms with Gasteiger partial charge in [-0.3, -0.25) is 14.9 Å². The first-order valence-electron chi connectivity index (χ1n) is 8.78. The number of H-pyrrole nitrogens is 1. The molecule has 0 unspecified atom stereocenters. The molecule has 1 heterocycles. The van der Waals surface area contributed by atoms with Gasteiger partial charge in [0.05, 0.1) is 4.92 Å². The maximum absolute atomic E-state index is 13.4. The van der Waals surface area contributed by atoms with Gasteiger partial charge in [-0.25, -0.2) is 14.0 Å². The zero-order valence-corrected chi connectivity index (χ0v) is 16.0. The lowest BCUT2D eigenvalue weighted by Crippen LogP contribution is -2.24. The van der Waals surface area contributed by atoms with Crippen molar-refractivity contribution in [3.8, 4) is 16.9 Å². The Morgan fingerprint density at radius 1 is 1.12 bits per heavy atom. The largest absolute Gasteiger partial charge is 0.488 e. The molecular weight excluding hydrogens is 429 g/mol. The Balaban J connectivity index is 2.29. The predicted octanol–water partition coefficient (Wildman–Crippen LogP) is 2.65. The maximum atomic E-state index is 13.4. The highest BCUT2D eigenvalue weighted by atomic mass is 19.1. The third-order valence-electron chi connectivity index (χ3n) is 4.40. The van der Waals surface area contributed by atoms with Crippen molar-refractivity contribution in [2.24, 2.45) is 0 Å². The van der Waals surface area contributed by atoms with Crippen LogP contribution < -0.4 is 16.0 Å². The highest BCUT2D eigenvalue weighted by molar-refractivity contribution is 6.08. The van der Waals surface area contributed by atoms with Gasteiger partial charge in [-0.05, 0) is 23.8 Å². The minimum atomic E-state index is -1.79. The zero-order valence-electron chi connectivity index (χ0n) is 16.0. The zero-order chi connectivity index (χ0) is 23.6. The summed E-state index contributed by atoms with van der Waals surface area (Å²) in [4.78, 5) is 48.3. The molecule has 11 nitrogen and oxygen atoms in total. The van der Waals surface area contributed by atoms with Crippen molar-refractivity contribution in [3.63, 3.8) is 0 Å². The van der Waals surface area contributed by atoms with E-state index in [0.717, 1.165) is 18.2 Å². The van der Waals surface area contributed by atoms with Crippen LogP contribution in [0.4, 0.5) is 15.9 Å². The average Bonchev–Trinajstić information content (AvgIpc) is 2.70. The fraction of sp³-hybridized carbons (Fsp3) is 0.0500. The maximum Gasteiger partial charge on any atom is 0.342 e. The second kappa shape index (κ2) is 8.55. The molecule has 2 aromatic carbocycles. The molecule has 5 N–H and O–H groups in total. The molecule has 0 saturated carbocycles. The Morgan fingerprint density at radius 2 is 1.81 bits per heavy atom. The first kappa shape index (κ1) is 22.0. The van der Waals surface area contributed by atoms with Crippen LogP contribution >= 0.6 is 0 Å². The third kappa shape index (κ3) is 4.23. The van der Waals surface area contributed by atoms with Crippen LogP contribution in [0, 0.1) is 15.9 Å². The number of non-ortho nitro benzene ring substituents is 1. The van der Waals surface area contributed by atoms with Crippen LogP contribution in [0.1, 0.15) is 26.3 Å². The van der Waals surface area contributed by atoms with E-state index < -0.39 is 56.4 Å². The number of aromatic amines is 1. The molecule has 32 heavy (non-hydrogen) atoms. The molecule has 0 aliphatic heterocycles. The van der Waals surface area contributed by atoms with Crippen molar-refractivity contribution in [1.82, 2.24) is 4.98 Å². The summed E-state index contributed by atoms with van der Waals surface area (Å²) in [6.45, 7) is -0.244.